The molecule has 0 radical (unpaired) electrons. The Morgan fingerprint density at radius 3 is 2.56 bits per heavy atom. The first kappa shape index (κ1) is 21.8. The zero-order valence-electron chi connectivity index (χ0n) is 18.4. The van der Waals surface area contributed by atoms with Crippen LogP contribution in [0.25, 0.3) is 10.9 Å². The van der Waals surface area contributed by atoms with Crippen LogP contribution in [0.3, 0.4) is 0 Å². The van der Waals surface area contributed by atoms with Crippen LogP contribution in [0, 0.1) is 20.8 Å². The molecule has 0 unspecified atom stereocenters. The molecule has 0 aliphatic rings. The highest BCUT2D eigenvalue weighted by atomic mass is 35.5. The van der Waals surface area contributed by atoms with Crippen molar-refractivity contribution in [3.63, 3.8) is 0 Å². The van der Waals surface area contributed by atoms with Gasteiger partial charge in [-0.3, -0.25) is 4.98 Å². The number of carbonyl (C=O) groups excluding carboxylic acids is 1. The molecule has 0 bridgehead atoms. The molecule has 0 fully saturated rings. The van der Waals surface area contributed by atoms with Gasteiger partial charge in [-0.1, -0.05) is 47.5 Å². The summed E-state index contributed by atoms with van der Waals surface area (Å²) in [6.45, 7) is 6.78. The number of carbonyl (C=O) groups is 1. The number of pyridine rings is 2. The van der Waals surface area contributed by atoms with Crippen molar-refractivity contribution < 1.29 is 4.79 Å². The second-order valence-corrected chi connectivity index (χ2v) is 8.41. The van der Waals surface area contributed by atoms with E-state index in [1.165, 1.54) is 0 Å². The predicted octanol–water partition coefficient (Wildman–Crippen LogP) is 6.44. The summed E-state index contributed by atoms with van der Waals surface area (Å²) in [6.07, 6.45) is 3.48. The number of rotatable bonds is 5. The Balaban J connectivity index is 1.67. The topological polar surface area (TPSA) is 58.1 Å². The number of anilines is 1. The molecular weight excluding hydrogens is 420 g/mol. The summed E-state index contributed by atoms with van der Waals surface area (Å²) in [5.41, 5.74) is 6.64. The van der Waals surface area contributed by atoms with E-state index in [1.807, 2.05) is 56.3 Å². The van der Waals surface area contributed by atoms with Gasteiger partial charge in [0.05, 0.1) is 12.1 Å². The molecular formula is C26H25ClN4O. The highest BCUT2D eigenvalue weighted by Crippen LogP contribution is 2.26. The van der Waals surface area contributed by atoms with Gasteiger partial charge in [0, 0.05) is 35.6 Å². The molecule has 4 rings (SSSR count). The third-order valence-corrected chi connectivity index (χ3v) is 5.74. The van der Waals surface area contributed by atoms with Gasteiger partial charge in [-0.25, -0.2) is 9.78 Å². The number of nitrogens with zero attached hydrogens (tertiary/aromatic N) is 3. The van der Waals surface area contributed by atoms with Crippen LogP contribution in [0.15, 0.2) is 67.0 Å². The number of nitrogens with one attached hydrogen (secondary N) is 1. The molecule has 32 heavy (non-hydrogen) atoms. The van der Waals surface area contributed by atoms with Crippen LogP contribution < -0.4 is 5.32 Å². The number of aryl methyl sites for hydroxylation is 3. The van der Waals surface area contributed by atoms with Gasteiger partial charge in [-0.05, 0) is 61.7 Å². The fourth-order valence-corrected chi connectivity index (χ4v) is 4.01. The number of hydrogen-bond acceptors (Lipinski definition) is 3. The summed E-state index contributed by atoms with van der Waals surface area (Å²) in [4.78, 5) is 23.8. The van der Waals surface area contributed by atoms with Gasteiger partial charge in [0.1, 0.15) is 5.15 Å². The van der Waals surface area contributed by atoms with Gasteiger partial charge in [0.25, 0.3) is 0 Å². The smallest absolute Gasteiger partial charge is 0.316 e. The predicted molar refractivity (Wildman–Crippen MR) is 130 cm³/mol. The second-order valence-electron chi connectivity index (χ2n) is 8.05. The summed E-state index contributed by atoms with van der Waals surface area (Å²) in [7, 11) is 0. The highest BCUT2D eigenvalue weighted by molar-refractivity contribution is 6.30. The van der Waals surface area contributed by atoms with Crippen LogP contribution in [0.1, 0.15) is 27.8 Å². The van der Waals surface area contributed by atoms with E-state index in [-0.39, 0.29) is 6.03 Å². The lowest BCUT2D eigenvalue weighted by molar-refractivity contribution is 0.206. The Hall–Kier alpha value is -3.44. The lowest BCUT2D eigenvalue weighted by Gasteiger charge is -2.24. The maximum atomic E-state index is 13.3. The van der Waals surface area contributed by atoms with Crippen molar-refractivity contribution in [1.29, 1.82) is 0 Å². The first-order valence-corrected chi connectivity index (χ1v) is 10.9. The monoisotopic (exact) mass is 444 g/mol. The van der Waals surface area contributed by atoms with Crippen LogP contribution in [-0.2, 0) is 13.1 Å². The number of hydrogen-bond donors (Lipinski definition) is 1. The van der Waals surface area contributed by atoms with Crippen molar-refractivity contribution in [2.45, 2.75) is 33.9 Å². The quantitative estimate of drug-likeness (QED) is 0.360. The van der Waals surface area contributed by atoms with E-state index in [0.29, 0.717) is 18.2 Å². The van der Waals surface area contributed by atoms with Gasteiger partial charge in [0.15, 0.2) is 0 Å². The first-order chi connectivity index (χ1) is 15.4. The van der Waals surface area contributed by atoms with Gasteiger partial charge in [-0.15, -0.1) is 0 Å². The minimum absolute atomic E-state index is 0.209. The standard InChI is InChI=1S/C26H25ClN4O/c1-17-11-19(3)24-21(12-17)13-22(25(27)30-24)16-31(15-20-8-6-10-28-14-20)26(32)29-23-9-5-4-7-18(23)2/h4-14H,15-16H2,1-3H3,(H,29,32). The number of benzene rings is 2. The summed E-state index contributed by atoms with van der Waals surface area (Å²) < 4.78 is 0. The number of amides is 2. The van der Waals surface area contributed by atoms with Crippen molar-refractivity contribution in [3.8, 4) is 0 Å². The first-order valence-electron chi connectivity index (χ1n) is 10.5. The minimum atomic E-state index is -0.209. The number of halogens is 1. The van der Waals surface area contributed by atoms with E-state index in [4.69, 9.17) is 11.6 Å². The van der Waals surface area contributed by atoms with E-state index in [9.17, 15) is 4.79 Å². The van der Waals surface area contributed by atoms with E-state index in [1.54, 1.807) is 17.3 Å². The molecule has 0 atom stereocenters. The second kappa shape index (κ2) is 9.37. The van der Waals surface area contributed by atoms with Crippen LogP contribution in [0.4, 0.5) is 10.5 Å². The number of urea groups is 1. The van der Waals surface area contributed by atoms with Crippen LogP contribution in [-0.4, -0.2) is 20.9 Å². The average molecular weight is 445 g/mol. The van der Waals surface area contributed by atoms with Crippen molar-refractivity contribution >= 4 is 34.2 Å². The van der Waals surface area contributed by atoms with Crippen molar-refractivity contribution in [2.75, 3.05) is 5.32 Å². The van der Waals surface area contributed by atoms with Crippen molar-refractivity contribution in [1.82, 2.24) is 14.9 Å². The molecule has 2 aromatic heterocycles. The normalized spacial score (nSPS) is 10.9. The summed E-state index contributed by atoms with van der Waals surface area (Å²) in [6, 6.07) is 17.5. The molecule has 0 saturated carbocycles. The molecule has 2 heterocycles. The molecule has 0 aliphatic carbocycles. The molecule has 2 aromatic carbocycles. The molecule has 162 valence electrons. The Morgan fingerprint density at radius 1 is 1.00 bits per heavy atom. The Morgan fingerprint density at radius 2 is 1.81 bits per heavy atom. The van der Waals surface area contributed by atoms with E-state index in [0.717, 1.165) is 44.4 Å². The zero-order chi connectivity index (χ0) is 22.7. The lowest BCUT2D eigenvalue weighted by atomic mass is 10.1. The number of aromatic nitrogens is 2. The van der Waals surface area contributed by atoms with Gasteiger partial charge in [-0.2, -0.15) is 0 Å². The Kier molecular flexibility index (Phi) is 6.37. The lowest BCUT2D eigenvalue weighted by Crippen LogP contribution is -2.34. The molecule has 0 saturated heterocycles. The zero-order valence-corrected chi connectivity index (χ0v) is 19.1. The summed E-state index contributed by atoms with van der Waals surface area (Å²) in [5.74, 6) is 0. The third-order valence-electron chi connectivity index (χ3n) is 5.41. The maximum absolute atomic E-state index is 13.3. The molecule has 2 amide bonds. The van der Waals surface area contributed by atoms with Gasteiger partial charge < -0.3 is 10.2 Å². The molecule has 1 N–H and O–H groups in total. The van der Waals surface area contributed by atoms with Crippen LogP contribution >= 0.6 is 11.6 Å². The van der Waals surface area contributed by atoms with Crippen molar-refractivity contribution in [3.05, 3.63) is 100.0 Å². The molecule has 0 spiro atoms. The van der Waals surface area contributed by atoms with Gasteiger partial charge in [0.2, 0.25) is 0 Å². The van der Waals surface area contributed by atoms with Crippen LogP contribution in [0.5, 0.6) is 0 Å². The van der Waals surface area contributed by atoms with E-state index < -0.39 is 0 Å². The summed E-state index contributed by atoms with van der Waals surface area (Å²) >= 11 is 6.57. The summed E-state index contributed by atoms with van der Waals surface area (Å²) in [5, 5.41) is 4.45. The number of para-hydroxylation sites is 1. The molecule has 6 heteroatoms. The largest absolute Gasteiger partial charge is 0.322 e. The van der Waals surface area contributed by atoms with Crippen LogP contribution in [0.2, 0.25) is 5.15 Å². The Bertz CT molecular complexity index is 1270. The molecule has 5 nitrogen and oxygen atoms in total. The van der Waals surface area contributed by atoms with E-state index >= 15 is 0 Å². The third kappa shape index (κ3) is 4.89. The minimum Gasteiger partial charge on any atom is -0.316 e. The van der Waals surface area contributed by atoms with Crippen molar-refractivity contribution in [2.24, 2.45) is 0 Å². The highest BCUT2D eigenvalue weighted by Gasteiger charge is 2.18. The molecule has 0 aliphatic heterocycles. The average Bonchev–Trinajstić information content (AvgIpc) is 2.76. The fourth-order valence-electron chi connectivity index (χ4n) is 3.81. The van der Waals surface area contributed by atoms with Gasteiger partial charge >= 0.3 is 6.03 Å². The maximum Gasteiger partial charge on any atom is 0.322 e. The number of fused-ring (bicyclic) bond motifs is 1. The Labute approximate surface area is 193 Å². The van der Waals surface area contributed by atoms with E-state index in [2.05, 4.69) is 34.3 Å². The fraction of sp³-hybridized carbons (Fsp3) is 0.192. The molecule has 4 aromatic rings. The SMILES string of the molecule is Cc1cc(C)c2nc(Cl)c(CN(Cc3cccnc3)C(=O)Nc3ccccc3C)cc2c1.